The van der Waals surface area contributed by atoms with Gasteiger partial charge < -0.3 is 19.5 Å². The van der Waals surface area contributed by atoms with Gasteiger partial charge in [0.1, 0.15) is 17.2 Å². The summed E-state index contributed by atoms with van der Waals surface area (Å²) in [5.74, 6) is -0.0161. The minimum Gasteiger partial charge on any atom is -0.507 e. The van der Waals surface area contributed by atoms with Crippen LogP contribution in [0.1, 0.15) is 44.2 Å². The third-order valence-corrected chi connectivity index (χ3v) is 8.63. The molecule has 1 heterocycles. The molecule has 0 bridgehead atoms. The van der Waals surface area contributed by atoms with Gasteiger partial charge in [-0.1, -0.05) is 43.3 Å². The number of phenolic OH excluding ortho intramolecular Hbond substituents is 1. The van der Waals surface area contributed by atoms with E-state index in [9.17, 15) is 14.3 Å². The summed E-state index contributed by atoms with van der Waals surface area (Å²) in [5.41, 5.74) is 1.73. The average molecular weight is 496 g/mol. The van der Waals surface area contributed by atoms with Gasteiger partial charge in [-0.2, -0.15) is 0 Å². The Morgan fingerprint density at radius 3 is 2.66 bits per heavy atom. The quantitative estimate of drug-likeness (QED) is 0.481. The molecule has 0 radical (unpaired) electrons. The van der Waals surface area contributed by atoms with E-state index in [0.717, 1.165) is 32.1 Å². The van der Waals surface area contributed by atoms with Crippen molar-refractivity contribution in [3.8, 4) is 5.75 Å². The van der Waals surface area contributed by atoms with Crippen LogP contribution in [0, 0.1) is 5.82 Å². The van der Waals surface area contributed by atoms with Crippen molar-refractivity contribution in [1.29, 1.82) is 0 Å². The molecule has 4 rings (SSSR count). The van der Waals surface area contributed by atoms with Gasteiger partial charge in [-0.05, 0) is 66.6 Å². The van der Waals surface area contributed by atoms with Gasteiger partial charge >= 0.3 is 6.09 Å². The number of carbonyl (C=O) groups is 1. The van der Waals surface area contributed by atoms with Crippen molar-refractivity contribution in [2.24, 2.45) is 0 Å². The SMILES string of the molecule is CC([SiH3])C(C)(C)OC(=O)N1CCC(c2ccc(F)cc2)C(OCc2ccc3cccc(O)c3c2)C1. The van der Waals surface area contributed by atoms with Gasteiger partial charge in [-0.15, -0.1) is 0 Å². The van der Waals surface area contributed by atoms with Crippen LogP contribution >= 0.6 is 0 Å². The Bertz CT molecular complexity index is 1180. The monoisotopic (exact) mass is 495 g/mol. The van der Waals surface area contributed by atoms with Gasteiger partial charge in [0.05, 0.1) is 19.3 Å². The first-order valence-corrected chi connectivity index (χ1v) is 13.3. The lowest BCUT2D eigenvalue weighted by atomic mass is 9.87. The molecule has 0 aliphatic carbocycles. The molecule has 35 heavy (non-hydrogen) atoms. The highest BCUT2D eigenvalue weighted by Crippen LogP contribution is 2.33. The first-order chi connectivity index (χ1) is 16.6. The summed E-state index contributed by atoms with van der Waals surface area (Å²) < 4.78 is 25.8. The van der Waals surface area contributed by atoms with E-state index in [4.69, 9.17) is 9.47 Å². The number of phenols is 1. The lowest BCUT2D eigenvalue weighted by Gasteiger charge is -2.40. The minimum absolute atomic E-state index is 0.0269. The molecule has 3 atom stereocenters. The van der Waals surface area contributed by atoms with Crippen LogP contribution < -0.4 is 0 Å². The lowest BCUT2D eigenvalue weighted by Crippen LogP contribution is -2.49. The summed E-state index contributed by atoms with van der Waals surface area (Å²) >= 11 is 0. The van der Waals surface area contributed by atoms with Crippen LogP contribution in [0.5, 0.6) is 5.75 Å². The minimum atomic E-state index is -0.513. The Morgan fingerprint density at radius 2 is 1.94 bits per heavy atom. The average Bonchev–Trinajstić information content (AvgIpc) is 2.83. The third kappa shape index (κ3) is 5.85. The van der Waals surface area contributed by atoms with E-state index in [2.05, 4.69) is 6.92 Å². The number of rotatable bonds is 6. The van der Waals surface area contributed by atoms with E-state index in [1.165, 1.54) is 12.1 Å². The molecule has 3 aromatic carbocycles. The van der Waals surface area contributed by atoms with Crippen LogP contribution in [-0.4, -0.2) is 51.1 Å². The first-order valence-electron chi connectivity index (χ1n) is 12.2. The molecule has 1 aliphatic heterocycles. The maximum atomic E-state index is 13.6. The van der Waals surface area contributed by atoms with Crippen LogP contribution in [0.25, 0.3) is 10.8 Å². The molecule has 5 nitrogen and oxygen atoms in total. The van der Waals surface area contributed by atoms with Crippen LogP contribution in [-0.2, 0) is 16.1 Å². The van der Waals surface area contributed by atoms with Gasteiger partial charge in [0.15, 0.2) is 0 Å². The molecule has 1 saturated heterocycles. The predicted octanol–water partition coefficient (Wildman–Crippen LogP) is 5.15. The molecule has 186 valence electrons. The zero-order valence-electron chi connectivity index (χ0n) is 20.8. The molecule has 1 amide bonds. The fraction of sp³-hybridized carbons (Fsp3) is 0.393. The number of carbonyl (C=O) groups excluding carboxylic acids is 1. The van der Waals surface area contributed by atoms with Crippen molar-refractivity contribution in [2.75, 3.05) is 13.1 Å². The second-order valence-corrected chi connectivity index (χ2v) is 11.9. The Morgan fingerprint density at radius 1 is 1.20 bits per heavy atom. The van der Waals surface area contributed by atoms with Gasteiger partial charge in [0, 0.05) is 28.1 Å². The van der Waals surface area contributed by atoms with Crippen molar-refractivity contribution in [3.05, 3.63) is 77.6 Å². The molecule has 1 fully saturated rings. The van der Waals surface area contributed by atoms with Crippen LogP contribution in [0.4, 0.5) is 9.18 Å². The molecule has 3 unspecified atom stereocenters. The number of amides is 1. The fourth-order valence-electron chi connectivity index (χ4n) is 4.35. The van der Waals surface area contributed by atoms with Crippen LogP contribution in [0.2, 0.25) is 5.54 Å². The number of nitrogens with zero attached hydrogens (tertiary/aromatic N) is 1. The fourth-order valence-corrected chi connectivity index (χ4v) is 4.46. The Kier molecular flexibility index (Phi) is 7.47. The van der Waals surface area contributed by atoms with E-state index in [-0.39, 0.29) is 29.7 Å². The van der Waals surface area contributed by atoms with Gasteiger partial charge in [-0.25, -0.2) is 9.18 Å². The maximum absolute atomic E-state index is 13.6. The summed E-state index contributed by atoms with van der Waals surface area (Å²) in [5, 5.41) is 12.0. The Balaban J connectivity index is 1.53. The van der Waals surface area contributed by atoms with Crippen molar-refractivity contribution >= 4 is 27.1 Å². The Labute approximate surface area is 209 Å². The van der Waals surface area contributed by atoms with Gasteiger partial charge in [0.2, 0.25) is 0 Å². The number of fused-ring (bicyclic) bond motifs is 1. The van der Waals surface area contributed by atoms with Gasteiger partial charge in [-0.3, -0.25) is 0 Å². The summed E-state index contributed by atoms with van der Waals surface area (Å²) in [4.78, 5) is 14.7. The van der Waals surface area contributed by atoms with E-state index < -0.39 is 5.60 Å². The molecule has 0 spiro atoms. The van der Waals surface area contributed by atoms with E-state index in [0.29, 0.717) is 31.7 Å². The Hall–Kier alpha value is -2.90. The molecule has 1 aliphatic rings. The van der Waals surface area contributed by atoms with Crippen molar-refractivity contribution in [2.45, 2.75) is 57.0 Å². The van der Waals surface area contributed by atoms with Crippen molar-refractivity contribution < 1.29 is 23.8 Å². The first kappa shape index (κ1) is 25.2. The standard InChI is InChI=1S/C28H34FNO4Si/c1-18(35)28(2,3)34-27(32)30-14-13-23(21-9-11-22(29)12-10-21)26(16-30)33-17-19-7-8-20-5-4-6-25(31)24(20)15-19/h4-12,15,18,23,26,31H,13-14,16-17H2,1-3,35H3. The number of aromatic hydroxyl groups is 1. The van der Waals surface area contributed by atoms with Gasteiger partial charge in [0.25, 0.3) is 0 Å². The number of hydrogen-bond donors (Lipinski definition) is 1. The van der Waals surface area contributed by atoms with Crippen molar-refractivity contribution in [3.63, 3.8) is 0 Å². The summed E-state index contributed by atoms with van der Waals surface area (Å²) in [6.07, 6.45) is 0.0960. The lowest BCUT2D eigenvalue weighted by molar-refractivity contribution is -0.0393. The van der Waals surface area contributed by atoms with Crippen molar-refractivity contribution in [1.82, 2.24) is 4.90 Å². The number of benzene rings is 3. The second kappa shape index (κ2) is 10.4. The maximum Gasteiger partial charge on any atom is 0.410 e. The summed E-state index contributed by atoms with van der Waals surface area (Å²) in [7, 11) is 0.932. The third-order valence-electron chi connectivity index (χ3n) is 7.24. The highest BCUT2D eigenvalue weighted by Gasteiger charge is 2.36. The topological polar surface area (TPSA) is 59.0 Å². The molecule has 7 heteroatoms. The zero-order chi connectivity index (χ0) is 25.2. The number of piperidine rings is 1. The highest BCUT2D eigenvalue weighted by atomic mass is 28.1. The number of hydrogen-bond acceptors (Lipinski definition) is 4. The zero-order valence-corrected chi connectivity index (χ0v) is 22.8. The smallest absolute Gasteiger partial charge is 0.410 e. The van der Waals surface area contributed by atoms with Crippen LogP contribution in [0.15, 0.2) is 60.7 Å². The molecule has 1 N–H and O–H groups in total. The summed E-state index contributed by atoms with van der Waals surface area (Å²) in [6, 6.07) is 17.9. The highest BCUT2D eigenvalue weighted by molar-refractivity contribution is 6.12. The molecule has 3 aromatic rings. The molecular formula is C28H34FNO4Si. The summed E-state index contributed by atoms with van der Waals surface area (Å²) in [6.45, 7) is 7.28. The largest absolute Gasteiger partial charge is 0.507 e. The molecular weight excluding hydrogens is 461 g/mol. The van der Waals surface area contributed by atoms with E-state index in [1.54, 1.807) is 23.1 Å². The predicted molar refractivity (Wildman–Crippen MR) is 139 cm³/mol. The van der Waals surface area contributed by atoms with E-state index in [1.807, 2.05) is 44.2 Å². The second-order valence-electron chi connectivity index (χ2n) is 10.2. The normalized spacial score (nSPS) is 19.6. The number of likely N-dealkylation sites (tertiary alicyclic amines) is 1. The molecule has 0 saturated carbocycles. The number of halogens is 1. The number of ether oxygens (including phenoxy) is 2. The molecule has 0 aromatic heterocycles. The van der Waals surface area contributed by atoms with E-state index >= 15 is 0 Å². The van der Waals surface area contributed by atoms with Crippen LogP contribution in [0.3, 0.4) is 0 Å².